The molecule has 3 nitrogen and oxygen atoms in total. The van der Waals surface area contributed by atoms with Gasteiger partial charge in [-0.3, -0.25) is 4.79 Å². The molecule has 1 amide bonds. The number of nitrogens with zero attached hydrogens (tertiary/aromatic N) is 1. The lowest BCUT2D eigenvalue weighted by molar-refractivity contribution is -0.134. The van der Waals surface area contributed by atoms with Crippen LogP contribution >= 0.6 is 0 Å². The zero-order valence-corrected chi connectivity index (χ0v) is 13.2. The van der Waals surface area contributed by atoms with Crippen molar-refractivity contribution in [2.75, 3.05) is 13.7 Å². The molecular formula is C18H25NO2. The van der Waals surface area contributed by atoms with Crippen molar-refractivity contribution in [3.8, 4) is 5.75 Å². The van der Waals surface area contributed by atoms with Crippen LogP contribution in [0, 0.1) is 11.8 Å². The van der Waals surface area contributed by atoms with Crippen LogP contribution in [0.3, 0.4) is 0 Å². The molecule has 1 aromatic rings. The topological polar surface area (TPSA) is 29.5 Å². The highest BCUT2D eigenvalue weighted by Crippen LogP contribution is 2.49. The lowest BCUT2D eigenvalue weighted by atomic mass is 10.0. The number of carbonyl (C=O) groups is 1. The van der Waals surface area contributed by atoms with E-state index in [-0.39, 0.29) is 5.92 Å². The summed E-state index contributed by atoms with van der Waals surface area (Å²) in [7, 11) is 1.68. The molecule has 1 aliphatic heterocycles. The van der Waals surface area contributed by atoms with Gasteiger partial charge in [0.15, 0.2) is 0 Å². The highest BCUT2D eigenvalue weighted by molar-refractivity contribution is 5.83. The van der Waals surface area contributed by atoms with Crippen LogP contribution in [0.1, 0.15) is 44.6 Å². The number of methoxy groups -OCH3 is 1. The number of benzene rings is 1. The largest absolute Gasteiger partial charge is 0.497 e. The third-order valence-electron chi connectivity index (χ3n) is 5.00. The summed E-state index contributed by atoms with van der Waals surface area (Å²) in [5.41, 5.74) is 1.27. The minimum absolute atomic E-state index is 0.206. The van der Waals surface area contributed by atoms with Gasteiger partial charge in [-0.2, -0.15) is 0 Å². The zero-order chi connectivity index (χ0) is 15.0. The molecule has 0 radical (unpaired) electrons. The van der Waals surface area contributed by atoms with Crippen molar-refractivity contribution >= 4 is 5.91 Å². The van der Waals surface area contributed by atoms with E-state index in [0.29, 0.717) is 23.8 Å². The van der Waals surface area contributed by atoms with E-state index in [1.807, 2.05) is 12.1 Å². The second-order valence-electron chi connectivity index (χ2n) is 6.71. The number of rotatable bonds is 4. The molecule has 1 aliphatic carbocycles. The van der Waals surface area contributed by atoms with Crippen LogP contribution in [0.15, 0.2) is 24.3 Å². The fourth-order valence-corrected chi connectivity index (χ4v) is 3.66. The Kier molecular flexibility index (Phi) is 3.92. The Morgan fingerprint density at radius 3 is 2.62 bits per heavy atom. The van der Waals surface area contributed by atoms with E-state index in [4.69, 9.17) is 4.74 Å². The van der Waals surface area contributed by atoms with E-state index in [1.165, 1.54) is 12.0 Å². The molecule has 0 unspecified atom stereocenters. The highest BCUT2D eigenvalue weighted by atomic mass is 16.5. The summed E-state index contributed by atoms with van der Waals surface area (Å²) in [6.07, 6.45) is 3.34. The maximum atomic E-state index is 12.7. The number of amides is 1. The predicted octanol–water partition coefficient (Wildman–Crippen LogP) is 3.45. The maximum Gasteiger partial charge on any atom is 0.226 e. The van der Waals surface area contributed by atoms with Gasteiger partial charge in [-0.15, -0.1) is 0 Å². The molecule has 1 heterocycles. The summed E-state index contributed by atoms with van der Waals surface area (Å²) in [6.45, 7) is 5.40. The third kappa shape index (κ3) is 2.78. The molecule has 114 valence electrons. The summed E-state index contributed by atoms with van der Waals surface area (Å²) in [5.74, 6) is 2.44. The fourth-order valence-electron chi connectivity index (χ4n) is 3.66. The number of carbonyl (C=O) groups excluding carboxylic acids is 1. The van der Waals surface area contributed by atoms with Crippen LogP contribution in [0.2, 0.25) is 0 Å². The van der Waals surface area contributed by atoms with Gasteiger partial charge in [0.05, 0.1) is 7.11 Å². The highest BCUT2D eigenvalue weighted by Gasteiger charge is 2.47. The lowest BCUT2D eigenvalue weighted by Crippen LogP contribution is -2.39. The van der Waals surface area contributed by atoms with Crippen molar-refractivity contribution in [1.29, 1.82) is 0 Å². The zero-order valence-electron chi connectivity index (χ0n) is 13.2. The summed E-state index contributed by atoms with van der Waals surface area (Å²) in [4.78, 5) is 14.9. The molecule has 0 N–H and O–H groups in total. The van der Waals surface area contributed by atoms with Crippen molar-refractivity contribution in [3.63, 3.8) is 0 Å². The van der Waals surface area contributed by atoms with Crippen molar-refractivity contribution in [2.45, 2.75) is 45.1 Å². The number of likely N-dealkylation sites (tertiary alicyclic amines) is 1. The van der Waals surface area contributed by atoms with Crippen molar-refractivity contribution in [3.05, 3.63) is 29.8 Å². The minimum Gasteiger partial charge on any atom is -0.497 e. The average Bonchev–Trinajstić information content (AvgIpc) is 3.13. The number of ether oxygens (including phenoxy) is 1. The number of hydrogen-bond acceptors (Lipinski definition) is 2. The average molecular weight is 287 g/mol. The van der Waals surface area contributed by atoms with Crippen LogP contribution in [0.4, 0.5) is 0 Å². The van der Waals surface area contributed by atoms with Crippen molar-refractivity contribution in [2.24, 2.45) is 11.8 Å². The van der Waals surface area contributed by atoms with E-state index in [1.54, 1.807) is 7.11 Å². The second-order valence-corrected chi connectivity index (χ2v) is 6.71. The summed E-state index contributed by atoms with van der Waals surface area (Å²) < 4.78 is 5.19. The first-order chi connectivity index (χ1) is 10.1. The summed E-state index contributed by atoms with van der Waals surface area (Å²) in [5, 5.41) is 0. The maximum absolute atomic E-state index is 12.7. The quantitative estimate of drug-likeness (QED) is 0.849. The van der Waals surface area contributed by atoms with Crippen LogP contribution in [0.25, 0.3) is 0 Å². The summed E-state index contributed by atoms with van der Waals surface area (Å²) >= 11 is 0. The molecular weight excluding hydrogens is 262 g/mol. The molecule has 3 atom stereocenters. The summed E-state index contributed by atoms with van der Waals surface area (Å²) in [6, 6.07) is 8.63. The molecule has 1 aromatic carbocycles. The Bertz CT molecular complexity index is 508. The van der Waals surface area contributed by atoms with Gasteiger partial charge in [0.1, 0.15) is 5.75 Å². The first kappa shape index (κ1) is 14.4. The van der Waals surface area contributed by atoms with Gasteiger partial charge in [-0.25, -0.2) is 0 Å². The second kappa shape index (κ2) is 5.70. The van der Waals surface area contributed by atoms with E-state index < -0.39 is 0 Å². The van der Waals surface area contributed by atoms with E-state index >= 15 is 0 Å². The molecule has 3 rings (SSSR count). The van der Waals surface area contributed by atoms with Crippen molar-refractivity contribution < 1.29 is 9.53 Å². The van der Waals surface area contributed by atoms with Crippen LogP contribution in [0.5, 0.6) is 5.75 Å². The Hall–Kier alpha value is -1.51. The Morgan fingerprint density at radius 2 is 2.00 bits per heavy atom. The molecule has 0 aromatic heterocycles. The van der Waals surface area contributed by atoms with Gasteiger partial charge in [0, 0.05) is 18.5 Å². The predicted molar refractivity (Wildman–Crippen MR) is 83.4 cm³/mol. The van der Waals surface area contributed by atoms with Gasteiger partial charge in [0.2, 0.25) is 5.91 Å². The van der Waals surface area contributed by atoms with Gasteiger partial charge in [-0.05, 0) is 48.8 Å². The first-order valence-electron chi connectivity index (χ1n) is 8.06. The standard InChI is InChI=1S/C18H25NO2/c1-12(2)17-5-4-10-19(17)18(20)16-11-15(16)13-6-8-14(21-3)9-7-13/h6-9,12,15-17H,4-5,10-11H2,1-3H3/t15-,16+,17+/m1/s1. The van der Waals surface area contributed by atoms with Crippen LogP contribution in [-0.2, 0) is 4.79 Å². The van der Waals surface area contributed by atoms with Gasteiger partial charge in [0.25, 0.3) is 0 Å². The van der Waals surface area contributed by atoms with E-state index in [2.05, 4.69) is 30.9 Å². The van der Waals surface area contributed by atoms with Crippen molar-refractivity contribution in [1.82, 2.24) is 4.90 Å². The van der Waals surface area contributed by atoms with Crippen LogP contribution < -0.4 is 4.74 Å². The molecule has 2 fully saturated rings. The van der Waals surface area contributed by atoms with Gasteiger partial charge < -0.3 is 9.64 Å². The molecule has 1 saturated carbocycles. The molecule has 21 heavy (non-hydrogen) atoms. The van der Waals surface area contributed by atoms with Gasteiger partial charge in [-0.1, -0.05) is 26.0 Å². The SMILES string of the molecule is COc1ccc([C@H]2C[C@@H]2C(=O)N2CCC[C@H]2C(C)C)cc1. The fraction of sp³-hybridized carbons (Fsp3) is 0.611. The number of hydrogen-bond donors (Lipinski definition) is 0. The molecule has 1 saturated heterocycles. The third-order valence-corrected chi connectivity index (χ3v) is 5.00. The van der Waals surface area contributed by atoms with E-state index in [0.717, 1.165) is 25.1 Å². The molecule has 0 spiro atoms. The Morgan fingerprint density at radius 1 is 1.29 bits per heavy atom. The lowest BCUT2D eigenvalue weighted by Gasteiger charge is -2.28. The van der Waals surface area contributed by atoms with Crippen LogP contribution in [-0.4, -0.2) is 30.5 Å². The normalized spacial score (nSPS) is 28.0. The molecule has 3 heteroatoms. The molecule has 2 aliphatic rings. The Balaban J connectivity index is 1.65. The monoisotopic (exact) mass is 287 g/mol. The van der Waals surface area contributed by atoms with E-state index in [9.17, 15) is 4.79 Å². The first-order valence-corrected chi connectivity index (χ1v) is 8.06. The Labute approximate surface area is 127 Å². The minimum atomic E-state index is 0.206. The smallest absolute Gasteiger partial charge is 0.226 e. The molecule has 0 bridgehead atoms. The van der Waals surface area contributed by atoms with Gasteiger partial charge >= 0.3 is 0 Å².